The molecule has 0 aliphatic heterocycles. The molecular weight excluding hydrogens is 346 g/mol. The van der Waals surface area contributed by atoms with E-state index in [0.717, 1.165) is 35.6 Å². The van der Waals surface area contributed by atoms with Gasteiger partial charge in [-0.2, -0.15) is 0 Å². The number of nitrogens with one attached hydrogen (secondary N) is 1. The van der Waals surface area contributed by atoms with Crippen molar-refractivity contribution in [1.29, 1.82) is 0 Å². The second-order valence-corrected chi connectivity index (χ2v) is 6.39. The molecule has 0 radical (unpaired) electrons. The zero-order valence-corrected chi connectivity index (χ0v) is 16.3. The van der Waals surface area contributed by atoms with Gasteiger partial charge in [0.2, 0.25) is 0 Å². The van der Waals surface area contributed by atoms with E-state index >= 15 is 0 Å². The molecule has 1 atom stereocenters. The lowest BCUT2D eigenvalue weighted by Crippen LogP contribution is -2.09. The third-order valence-corrected chi connectivity index (χ3v) is 4.46. The van der Waals surface area contributed by atoms with E-state index in [-0.39, 0.29) is 6.04 Å². The highest BCUT2D eigenvalue weighted by Gasteiger charge is 2.09. The van der Waals surface area contributed by atoms with Crippen molar-refractivity contribution in [2.75, 3.05) is 19.5 Å². The summed E-state index contributed by atoms with van der Waals surface area (Å²) < 4.78 is 10.6. The second-order valence-electron chi connectivity index (χ2n) is 6.39. The summed E-state index contributed by atoms with van der Waals surface area (Å²) in [6.07, 6.45) is 1.76. The molecule has 0 aromatic heterocycles. The molecule has 0 unspecified atom stereocenters. The fourth-order valence-electron chi connectivity index (χ4n) is 2.90. The molecule has 3 aromatic carbocycles. The maximum absolute atomic E-state index is 5.38. The Morgan fingerprint density at radius 1 is 0.821 bits per heavy atom. The third-order valence-electron chi connectivity index (χ3n) is 4.46. The van der Waals surface area contributed by atoms with Gasteiger partial charge in [0.15, 0.2) is 0 Å². The number of hydrogen-bond donors (Lipinski definition) is 1. The van der Waals surface area contributed by atoms with Crippen LogP contribution in [0.4, 0.5) is 5.69 Å². The van der Waals surface area contributed by atoms with E-state index < -0.39 is 0 Å². The van der Waals surface area contributed by atoms with Crippen LogP contribution in [0, 0.1) is 11.8 Å². The zero-order valence-electron chi connectivity index (χ0n) is 16.3. The van der Waals surface area contributed by atoms with E-state index in [1.165, 1.54) is 5.56 Å². The molecule has 3 nitrogen and oxygen atoms in total. The first-order valence-electron chi connectivity index (χ1n) is 9.35. The van der Waals surface area contributed by atoms with Crippen LogP contribution in [0.2, 0.25) is 0 Å². The Bertz CT molecular complexity index is 924. The highest BCUT2D eigenvalue weighted by Crippen LogP contribution is 2.24. The minimum absolute atomic E-state index is 0.126. The molecule has 0 spiro atoms. The molecule has 0 amide bonds. The number of methoxy groups -OCH3 is 2. The maximum Gasteiger partial charge on any atom is 0.119 e. The predicted molar refractivity (Wildman–Crippen MR) is 115 cm³/mol. The fourth-order valence-corrected chi connectivity index (χ4v) is 2.90. The number of anilines is 1. The lowest BCUT2D eigenvalue weighted by molar-refractivity contribution is 0.414. The molecule has 1 N–H and O–H groups in total. The van der Waals surface area contributed by atoms with Crippen LogP contribution in [0.3, 0.4) is 0 Å². The summed E-state index contributed by atoms with van der Waals surface area (Å²) in [7, 11) is 3.34. The highest BCUT2D eigenvalue weighted by atomic mass is 16.5. The maximum atomic E-state index is 5.38. The molecule has 0 bridgehead atoms. The molecule has 3 aromatic rings. The fraction of sp³-hybridized carbons (Fsp3) is 0.200. The van der Waals surface area contributed by atoms with Gasteiger partial charge in [-0.1, -0.05) is 48.4 Å². The average molecular weight is 371 g/mol. The Morgan fingerprint density at radius 3 is 2.29 bits per heavy atom. The van der Waals surface area contributed by atoms with Gasteiger partial charge < -0.3 is 14.8 Å². The van der Waals surface area contributed by atoms with Gasteiger partial charge in [-0.15, -0.1) is 5.92 Å². The SMILES string of the molecule is COc1ccc(N[C@@H](C#CCCc2ccccc2)c2cccc(OC)c2)cc1. The van der Waals surface area contributed by atoms with Crippen molar-refractivity contribution >= 4 is 5.69 Å². The Hall–Kier alpha value is -3.38. The molecule has 0 fully saturated rings. The number of rotatable bonds is 7. The first-order chi connectivity index (χ1) is 13.8. The van der Waals surface area contributed by atoms with Crippen LogP contribution < -0.4 is 14.8 Å². The van der Waals surface area contributed by atoms with Crippen LogP contribution in [0.15, 0.2) is 78.9 Å². The van der Waals surface area contributed by atoms with Crippen LogP contribution >= 0.6 is 0 Å². The van der Waals surface area contributed by atoms with Gasteiger partial charge in [0, 0.05) is 12.1 Å². The summed E-state index contributed by atoms with van der Waals surface area (Å²) in [6.45, 7) is 0. The molecule has 3 heteroatoms. The van der Waals surface area contributed by atoms with Crippen molar-refractivity contribution in [3.8, 4) is 23.3 Å². The first kappa shape index (κ1) is 19.4. The lowest BCUT2D eigenvalue weighted by Gasteiger charge is -2.16. The van der Waals surface area contributed by atoms with Gasteiger partial charge in [0.1, 0.15) is 17.5 Å². The molecular formula is C25H25NO2. The molecule has 0 saturated carbocycles. The number of hydrogen-bond acceptors (Lipinski definition) is 3. The third kappa shape index (κ3) is 5.56. The van der Waals surface area contributed by atoms with E-state index in [1.807, 2.05) is 48.5 Å². The summed E-state index contributed by atoms with van der Waals surface area (Å²) >= 11 is 0. The van der Waals surface area contributed by atoms with Gasteiger partial charge in [-0.3, -0.25) is 0 Å². The summed E-state index contributed by atoms with van der Waals surface area (Å²) in [4.78, 5) is 0. The summed E-state index contributed by atoms with van der Waals surface area (Å²) in [5.74, 6) is 8.38. The van der Waals surface area contributed by atoms with Crippen molar-refractivity contribution in [3.63, 3.8) is 0 Å². The van der Waals surface area contributed by atoms with Crippen molar-refractivity contribution in [3.05, 3.63) is 90.0 Å². The minimum Gasteiger partial charge on any atom is -0.497 e. The van der Waals surface area contributed by atoms with E-state index in [1.54, 1.807) is 14.2 Å². The van der Waals surface area contributed by atoms with Gasteiger partial charge in [-0.25, -0.2) is 0 Å². The predicted octanol–water partition coefficient (Wildman–Crippen LogP) is 5.49. The number of aryl methyl sites for hydroxylation is 1. The molecule has 3 rings (SSSR count). The topological polar surface area (TPSA) is 30.5 Å². The van der Waals surface area contributed by atoms with E-state index in [2.05, 4.69) is 47.5 Å². The molecule has 0 aliphatic rings. The highest BCUT2D eigenvalue weighted by molar-refractivity contribution is 5.51. The van der Waals surface area contributed by atoms with Gasteiger partial charge in [0.25, 0.3) is 0 Å². The number of ether oxygens (including phenoxy) is 2. The number of benzene rings is 3. The molecule has 0 saturated heterocycles. The molecule has 142 valence electrons. The normalized spacial score (nSPS) is 11.1. The van der Waals surface area contributed by atoms with Gasteiger partial charge in [-0.05, 0) is 53.9 Å². The van der Waals surface area contributed by atoms with Crippen LogP contribution in [0.5, 0.6) is 11.5 Å². The largest absolute Gasteiger partial charge is 0.497 e. The minimum atomic E-state index is -0.126. The zero-order chi connectivity index (χ0) is 19.6. The van der Waals surface area contributed by atoms with Crippen LogP contribution in [-0.4, -0.2) is 14.2 Å². The van der Waals surface area contributed by atoms with Crippen molar-refractivity contribution in [2.24, 2.45) is 0 Å². The first-order valence-corrected chi connectivity index (χ1v) is 9.35. The molecule has 28 heavy (non-hydrogen) atoms. The van der Waals surface area contributed by atoms with Crippen molar-refractivity contribution in [2.45, 2.75) is 18.9 Å². The smallest absolute Gasteiger partial charge is 0.119 e. The van der Waals surface area contributed by atoms with Crippen LogP contribution in [0.25, 0.3) is 0 Å². The summed E-state index contributed by atoms with van der Waals surface area (Å²) in [5, 5.41) is 3.51. The molecule has 0 aliphatic carbocycles. The monoisotopic (exact) mass is 371 g/mol. The quantitative estimate of drug-likeness (QED) is 0.557. The van der Waals surface area contributed by atoms with Gasteiger partial charge in [0.05, 0.1) is 14.2 Å². The Morgan fingerprint density at radius 2 is 1.57 bits per heavy atom. The lowest BCUT2D eigenvalue weighted by atomic mass is 10.1. The van der Waals surface area contributed by atoms with Crippen LogP contribution in [0.1, 0.15) is 23.6 Å². The summed E-state index contributed by atoms with van der Waals surface area (Å²) in [5.41, 5.74) is 3.37. The van der Waals surface area contributed by atoms with Crippen LogP contribution in [-0.2, 0) is 6.42 Å². The average Bonchev–Trinajstić information content (AvgIpc) is 2.77. The standard InChI is InChI=1S/C25H25NO2/c1-27-23-17-15-22(16-18-23)26-25(21-12-8-13-24(19-21)28-2)14-7-6-11-20-9-4-3-5-10-20/h3-5,8-10,12-13,15-19,25-26H,6,11H2,1-2H3/t25-/m0/s1. The Labute approximate surface area is 167 Å². The molecule has 0 heterocycles. The summed E-state index contributed by atoms with van der Waals surface area (Å²) in [6, 6.07) is 26.2. The van der Waals surface area contributed by atoms with Crippen molar-refractivity contribution < 1.29 is 9.47 Å². The van der Waals surface area contributed by atoms with Gasteiger partial charge >= 0.3 is 0 Å². The van der Waals surface area contributed by atoms with Crippen molar-refractivity contribution in [1.82, 2.24) is 0 Å². The second kappa shape index (κ2) is 10.1. The Balaban J connectivity index is 1.76. The van der Waals surface area contributed by atoms with E-state index in [4.69, 9.17) is 9.47 Å². The Kier molecular flexibility index (Phi) is 6.98. The van der Waals surface area contributed by atoms with E-state index in [9.17, 15) is 0 Å². The van der Waals surface area contributed by atoms with E-state index in [0.29, 0.717) is 0 Å².